The molecule has 98 valence electrons. The standard InChI is InChI=1S/C17H20N2/c18-17(19-10-4-1-5-11-19)13-14-8-9-15-6-2-3-7-16(15)12-14/h2-3,6-9,12,18H,1,4-5,10-11,13H2. The number of hydrogen-bond donors (Lipinski definition) is 1. The van der Waals surface area contributed by atoms with Gasteiger partial charge < -0.3 is 4.90 Å². The number of likely N-dealkylation sites (tertiary alicyclic amines) is 1. The van der Waals surface area contributed by atoms with Crippen LogP contribution in [0, 0.1) is 5.41 Å². The van der Waals surface area contributed by atoms with E-state index < -0.39 is 0 Å². The Kier molecular flexibility index (Phi) is 3.49. The third-order valence-electron chi connectivity index (χ3n) is 3.92. The van der Waals surface area contributed by atoms with E-state index in [-0.39, 0.29) is 0 Å². The van der Waals surface area contributed by atoms with Crippen LogP contribution in [-0.2, 0) is 6.42 Å². The molecule has 2 aromatic rings. The van der Waals surface area contributed by atoms with Crippen LogP contribution in [0.2, 0.25) is 0 Å². The van der Waals surface area contributed by atoms with Crippen molar-refractivity contribution in [3.05, 3.63) is 48.0 Å². The molecule has 3 rings (SSSR count). The summed E-state index contributed by atoms with van der Waals surface area (Å²) in [5, 5.41) is 10.8. The average Bonchev–Trinajstić information content (AvgIpc) is 2.48. The molecule has 19 heavy (non-hydrogen) atoms. The van der Waals surface area contributed by atoms with E-state index in [9.17, 15) is 0 Å². The first kappa shape index (κ1) is 12.2. The minimum Gasteiger partial charge on any atom is -0.360 e. The number of rotatable bonds is 2. The molecule has 1 heterocycles. The number of fused-ring (bicyclic) bond motifs is 1. The van der Waals surface area contributed by atoms with Crippen molar-refractivity contribution in [3.8, 4) is 0 Å². The lowest BCUT2D eigenvalue weighted by molar-refractivity contribution is 0.336. The zero-order chi connectivity index (χ0) is 13.1. The molecular weight excluding hydrogens is 232 g/mol. The minimum atomic E-state index is 0.755. The first-order chi connectivity index (χ1) is 9.33. The molecule has 0 amide bonds. The predicted octanol–water partition coefficient (Wildman–Crippen LogP) is 3.85. The molecule has 0 spiro atoms. The summed E-state index contributed by atoms with van der Waals surface area (Å²) in [7, 11) is 0. The summed E-state index contributed by atoms with van der Waals surface area (Å²) in [6, 6.07) is 14.9. The van der Waals surface area contributed by atoms with Gasteiger partial charge in [-0.1, -0.05) is 42.5 Å². The van der Waals surface area contributed by atoms with Crippen LogP contribution in [0.4, 0.5) is 0 Å². The number of benzene rings is 2. The highest BCUT2D eigenvalue weighted by Gasteiger charge is 2.13. The monoisotopic (exact) mass is 252 g/mol. The van der Waals surface area contributed by atoms with Crippen molar-refractivity contribution in [3.63, 3.8) is 0 Å². The molecular formula is C17H20N2. The second-order valence-electron chi connectivity index (χ2n) is 5.35. The van der Waals surface area contributed by atoms with Crippen molar-refractivity contribution in [1.29, 1.82) is 5.41 Å². The maximum atomic E-state index is 8.25. The quantitative estimate of drug-likeness (QED) is 0.638. The molecule has 0 unspecified atom stereocenters. The Balaban J connectivity index is 1.75. The normalized spacial score (nSPS) is 15.7. The molecule has 2 aromatic carbocycles. The number of amidine groups is 1. The van der Waals surface area contributed by atoms with Gasteiger partial charge in [0.15, 0.2) is 0 Å². The van der Waals surface area contributed by atoms with Crippen LogP contribution in [0.25, 0.3) is 10.8 Å². The minimum absolute atomic E-state index is 0.755. The second kappa shape index (κ2) is 5.43. The van der Waals surface area contributed by atoms with Gasteiger partial charge in [0.05, 0.1) is 0 Å². The van der Waals surface area contributed by atoms with E-state index >= 15 is 0 Å². The average molecular weight is 252 g/mol. The lowest BCUT2D eigenvalue weighted by atomic mass is 10.0. The smallest absolute Gasteiger partial charge is 0.100 e. The summed E-state index contributed by atoms with van der Waals surface area (Å²) >= 11 is 0. The topological polar surface area (TPSA) is 27.1 Å². The third kappa shape index (κ3) is 2.78. The van der Waals surface area contributed by atoms with Crippen molar-refractivity contribution in [2.45, 2.75) is 25.7 Å². The SMILES string of the molecule is N=C(Cc1ccc2ccccc2c1)N1CCCCC1. The van der Waals surface area contributed by atoms with E-state index in [0.717, 1.165) is 25.3 Å². The highest BCUT2D eigenvalue weighted by atomic mass is 15.2. The molecule has 0 aliphatic carbocycles. The van der Waals surface area contributed by atoms with Gasteiger partial charge in [-0.05, 0) is 35.6 Å². The first-order valence-electron chi connectivity index (χ1n) is 7.13. The van der Waals surface area contributed by atoms with E-state index in [1.165, 1.54) is 35.6 Å². The third-order valence-corrected chi connectivity index (χ3v) is 3.92. The fourth-order valence-corrected chi connectivity index (χ4v) is 2.82. The first-order valence-corrected chi connectivity index (χ1v) is 7.13. The van der Waals surface area contributed by atoms with Crippen molar-refractivity contribution < 1.29 is 0 Å². The molecule has 0 radical (unpaired) electrons. The number of nitrogens with zero attached hydrogens (tertiary/aromatic N) is 1. The van der Waals surface area contributed by atoms with Crippen LogP contribution in [0.3, 0.4) is 0 Å². The Bertz CT molecular complexity index is 583. The highest BCUT2D eigenvalue weighted by molar-refractivity contribution is 5.86. The van der Waals surface area contributed by atoms with Gasteiger partial charge in [-0.25, -0.2) is 0 Å². The van der Waals surface area contributed by atoms with Crippen LogP contribution in [0.1, 0.15) is 24.8 Å². The number of piperidine rings is 1. The maximum Gasteiger partial charge on any atom is 0.100 e. The molecule has 1 fully saturated rings. The van der Waals surface area contributed by atoms with Gasteiger partial charge in [-0.15, -0.1) is 0 Å². The van der Waals surface area contributed by atoms with Gasteiger partial charge in [-0.3, -0.25) is 5.41 Å². The number of nitrogens with one attached hydrogen (secondary N) is 1. The van der Waals surface area contributed by atoms with E-state index in [0.29, 0.717) is 0 Å². The van der Waals surface area contributed by atoms with E-state index in [1.807, 2.05) is 0 Å². The molecule has 0 atom stereocenters. The fourth-order valence-electron chi connectivity index (χ4n) is 2.82. The van der Waals surface area contributed by atoms with Crippen LogP contribution >= 0.6 is 0 Å². The fraction of sp³-hybridized carbons (Fsp3) is 0.353. The summed E-state index contributed by atoms with van der Waals surface area (Å²) in [6.45, 7) is 2.12. The van der Waals surface area contributed by atoms with E-state index in [4.69, 9.17) is 5.41 Å². The molecule has 1 aliphatic heterocycles. The Hall–Kier alpha value is -1.83. The molecule has 0 saturated carbocycles. The van der Waals surface area contributed by atoms with Gasteiger partial charge in [-0.2, -0.15) is 0 Å². The molecule has 2 nitrogen and oxygen atoms in total. The predicted molar refractivity (Wildman–Crippen MR) is 80.8 cm³/mol. The van der Waals surface area contributed by atoms with Crippen molar-refractivity contribution in [2.75, 3.05) is 13.1 Å². The van der Waals surface area contributed by atoms with Gasteiger partial charge in [0.25, 0.3) is 0 Å². The van der Waals surface area contributed by atoms with Crippen molar-refractivity contribution in [1.82, 2.24) is 4.90 Å². The Labute approximate surface area is 114 Å². The van der Waals surface area contributed by atoms with Crippen LogP contribution in [0.15, 0.2) is 42.5 Å². The Morgan fingerprint density at radius 2 is 1.68 bits per heavy atom. The Morgan fingerprint density at radius 3 is 2.47 bits per heavy atom. The molecule has 0 aromatic heterocycles. The van der Waals surface area contributed by atoms with Crippen molar-refractivity contribution >= 4 is 16.6 Å². The van der Waals surface area contributed by atoms with E-state index in [2.05, 4.69) is 47.4 Å². The highest BCUT2D eigenvalue weighted by Crippen LogP contribution is 2.17. The molecule has 1 aliphatic rings. The van der Waals surface area contributed by atoms with Crippen LogP contribution in [-0.4, -0.2) is 23.8 Å². The van der Waals surface area contributed by atoms with Gasteiger partial charge in [0.1, 0.15) is 5.84 Å². The number of hydrogen-bond acceptors (Lipinski definition) is 1. The second-order valence-corrected chi connectivity index (χ2v) is 5.35. The lowest BCUT2D eigenvalue weighted by Crippen LogP contribution is -2.36. The van der Waals surface area contributed by atoms with Gasteiger partial charge >= 0.3 is 0 Å². The molecule has 1 saturated heterocycles. The molecule has 2 heteroatoms. The van der Waals surface area contributed by atoms with Gasteiger partial charge in [0, 0.05) is 19.5 Å². The molecule has 1 N–H and O–H groups in total. The van der Waals surface area contributed by atoms with E-state index in [1.54, 1.807) is 0 Å². The summed E-state index contributed by atoms with van der Waals surface area (Å²) in [4.78, 5) is 2.23. The molecule has 0 bridgehead atoms. The van der Waals surface area contributed by atoms with Crippen molar-refractivity contribution in [2.24, 2.45) is 0 Å². The summed E-state index contributed by atoms with van der Waals surface area (Å²) in [5.74, 6) is 0.773. The maximum absolute atomic E-state index is 8.25. The lowest BCUT2D eigenvalue weighted by Gasteiger charge is -2.29. The van der Waals surface area contributed by atoms with Crippen LogP contribution < -0.4 is 0 Å². The van der Waals surface area contributed by atoms with Gasteiger partial charge in [0.2, 0.25) is 0 Å². The largest absolute Gasteiger partial charge is 0.360 e. The zero-order valence-corrected chi connectivity index (χ0v) is 11.2. The summed E-state index contributed by atoms with van der Waals surface area (Å²) in [6.07, 6.45) is 4.55. The van der Waals surface area contributed by atoms with Crippen LogP contribution in [0.5, 0.6) is 0 Å². The summed E-state index contributed by atoms with van der Waals surface area (Å²) < 4.78 is 0. The Morgan fingerprint density at radius 1 is 0.947 bits per heavy atom. The summed E-state index contributed by atoms with van der Waals surface area (Å²) in [5.41, 5.74) is 1.24. The zero-order valence-electron chi connectivity index (χ0n) is 11.2.